The zero-order chi connectivity index (χ0) is 15.5. The summed E-state index contributed by atoms with van der Waals surface area (Å²) in [5.74, 6) is 0.801. The van der Waals surface area contributed by atoms with Crippen molar-refractivity contribution >= 4 is 34.9 Å². The zero-order valence-electron chi connectivity index (χ0n) is 12.3. The molecule has 1 aliphatic heterocycles. The van der Waals surface area contributed by atoms with E-state index in [0.717, 1.165) is 18.6 Å². The number of carbonyl (C=O) groups excluding carboxylic acids is 1. The predicted octanol–water partition coefficient (Wildman–Crippen LogP) is 2.32. The van der Waals surface area contributed by atoms with Gasteiger partial charge in [0.2, 0.25) is 0 Å². The summed E-state index contributed by atoms with van der Waals surface area (Å²) in [4.78, 5) is 14.9. The van der Waals surface area contributed by atoms with Gasteiger partial charge >= 0.3 is 0 Å². The monoisotopic (exact) mass is 324 g/mol. The van der Waals surface area contributed by atoms with Crippen molar-refractivity contribution in [3.05, 3.63) is 29.8 Å². The molecule has 0 aromatic heterocycles. The first-order valence-corrected chi connectivity index (χ1v) is 8.44. The third-order valence-corrected chi connectivity index (χ3v) is 5.96. The van der Waals surface area contributed by atoms with Crippen LogP contribution in [0.5, 0.6) is 5.75 Å². The molecule has 0 unspecified atom stereocenters. The van der Waals surface area contributed by atoms with Crippen LogP contribution in [0.4, 0.5) is 0 Å². The summed E-state index contributed by atoms with van der Waals surface area (Å²) in [5.41, 5.74) is 6.55. The molecule has 114 valence electrons. The van der Waals surface area contributed by atoms with Gasteiger partial charge in [0, 0.05) is 18.7 Å². The summed E-state index contributed by atoms with van der Waals surface area (Å²) in [5, 5.41) is 0. The number of carbonyl (C=O) groups is 1. The quantitative estimate of drug-likeness (QED) is 0.862. The Balaban J connectivity index is 2.04. The Labute approximate surface area is 135 Å². The van der Waals surface area contributed by atoms with Gasteiger partial charge in [-0.05, 0) is 43.4 Å². The Morgan fingerprint density at radius 3 is 2.33 bits per heavy atom. The average molecular weight is 324 g/mol. The van der Waals surface area contributed by atoms with Crippen LogP contribution < -0.4 is 10.5 Å². The van der Waals surface area contributed by atoms with Gasteiger partial charge in [0.25, 0.3) is 5.91 Å². The number of thioether (sulfide) groups is 1. The number of likely N-dealkylation sites (tertiary alicyclic amines) is 1. The Morgan fingerprint density at radius 1 is 1.33 bits per heavy atom. The molecule has 0 spiro atoms. The summed E-state index contributed by atoms with van der Waals surface area (Å²) in [6.45, 7) is 1.37. The number of hydrogen-bond acceptors (Lipinski definition) is 4. The number of amides is 1. The minimum atomic E-state index is -0.161. The number of methoxy groups -OCH3 is 1. The molecule has 1 heterocycles. The van der Waals surface area contributed by atoms with Gasteiger partial charge < -0.3 is 15.4 Å². The minimum Gasteiger partial charge on any atom is -0.497 e. The van der Waals surface area contributed by atoms with Gasteiger partial charge in [-0.3, -0.25) is 4.79 Å². The Bertz CT molecular complexity index is 523. The van der Waals surface area contributed by atoms with E-state index >= 15 is 0 Å². The lowest BCUT2D eigenvalue weighted by molar-refractivity contribution is 0.0719. The molecule has 1 aromatic rings. The van der Waals surface area contributed by atoms with Crippen molar-refractivity contribution in [2.24, 2.45) is 5.73 Å². The minimum absolute atomic E-state index is 0.0512. The first kappa shape index (κ1) is 16.1. The van der Waals surface area contributed by atoms with Crippen LogP contribution in [0.15, 0.2) is 24.3 Å². The van der Waals surface area contributed by atoms with Crippen molar-refractivity contribution < 1.29 is 9.53 Å². The van der Waals surface area contributed by atoms with E-state index in [1.54, 1.807) is 43.1 Å². The standard InChI is InChI=1S/C15H20N2O2S2/c1-19-12-5-3-11(4-6-12)13(18)17-9-7-15(21-2,8-10-17)14(16)20/h3-6H,7-10H2,1-2H3,(H2,16,20). The van der Waals surface area contributed by atoms with E-state index in [1.807, 2.05) is 11.2 Å². The third-order valence-electron chi connectivity index (χ3n) is 4.04. The van der Waals surface area contributed by atoms with E-state index in [9.17, 15) is 4.79 Å². The van der Waals surface area contributed by atoms with Crippen LogP contribution in [-0.4, -0.2) is 47.0 Å². The number of piperidine rings is 1. The Hall–Kier alpha value is -1.27. The zero-order valence-corrected chi connectivity index (χ0v) is 13.9. The summed E-state index contributed by atoms with van der Waals surface area (Å²) >= 11 is 6.89. The van der Waals surface area contributed by atoms with Crippen molar-refractivity contribution in [1.82, 2.24) is 4.90 Å². The highest BCUT2D eigenvalue weighted by Gasteiger charge is 2.37. The van der Waals surface area contributed by atoms with Crippen LogP contribution in [0.1, 0.15) is 23.2 Å². The van der Waals surface area contributed by atoms with E-state index in [2.05, 4.69) is 0 Å². The van der Waals surface area contributed by atoms with Crippen molar-refractivity contribution in [3.8, 4) is 5.75 Å². The van der Waals surface area contributed by atoms with E-state index in [1.165, 1.54) is 0 Å². The maximum atomic E-state index is 12.5. The lowest BCUT2D eigenvalue weighted by Crippen LogP contribution is -2.50. The smallest absolute Gasteiger partial charge is 0.253 e. The highest BCUT2D eigenvalue weighted by atomic mass is 32.2. The van der Waals surface area contributed by atoms with Crippen LogP contribution in [0.3, 0.4) is 0 Å². The number of nitrogens with zero attached hydrogens (tertiary/aromatic N) is 1. The molecular weight excluding hydrogens is 304 g/mol. The van der Waals surface area contributed by atoms with Gasteiger partial charge in [0.1, 0.15) is 5.75 Å². The van der Waals surface area contributed by atoms with Gasteiger partial charge in [0.05, 0.1) is 16.8 Å². The number of rotatable bonds is 4. The maximum absolute atomic E-state index is 12.5. The highest BCUT2D eigenvalue weighted by molar-refractivity contribution is 8.02. The third kappa shape index (κ3) is 3.32. The van der Waals surface area contributed by atoms with Gasteiger partial charge in [-0.25, -0.2) is 0 Å². The number of ether oxygens (including phenoxy) is 1. The van der Waals surface area contributed by atoms with Crippen LogP contribution in [0.2, 0.25) is 0 Å². The fourth-order valence-corrected chi connectivity index (χ4v) is 3.78. The molecule has 0 atom stereocenters. The van der Waals surface area contributed by atoms with Crippen molar-refractivity contribution in [1.29, 1.82) is 0 Å². The van der Waals surface area contributed by atoms with E-state index in [-0.39, 0.29) is 10.7 Å². The molecular formula is C15H20N2O2S2. The van der Waals surface area contributed by atoms with Crippen LogP contribution >= 0.6 is 24.0 Å². The second-order valence-corrected chi connectivity index (χ2v) is 6.71. The first-order chi connectivity index (χ1) is 10.0. The fraction of sp³-hybridized carbons (Fsp3) is 0.467. The molecule has 21 heavy (non-hydrogen) atoms. The molecule has 1 aliphatic rings. The predicted molar refractivity (Wildman–Crippen MR) is 91.2 cm³/mol. The average Bonchev–Trinajstić information content (AvgIpc) is 2.54. The lowest BCUT2D eigenvalue weighted by Gasteiger charge is -2.40. The normalized spacial score (nSPS) is 17.3. The number of hydrogen-bond donors (Lipinski definition) is 1. The molecule has 1 aromatic carbocycles. The first-order valence-electron chi connectivity index (χ1n) is 6.81. The summed E-state index contributed by atoms with van der Waals surface area (Å²) in [7, 11) is 1.61. The maximum Gasteiger partial charge on any atom is 0.253 e. The Kier molecular flexibility index (Phi) is 5.11. The lowest BCUT2D eigenvalue weighted by atomic mass is 9.95. The van der Waals surface area contributed by atoms with Gasteiger partial charge in [0.15, 0.2) is 0 Å². The largest absolute Gasteiger partial charge is 0.497 e. The van der Waals surface area contributed by atoms with E-state index in [4.69, 9.17) is 22.7 Å². The molecule has 4 nitrogen and oxygen atoms in total. The van der Waals surface area contributed by atoms with E-state index in [0.29, 0.717) is 23.6 Å². The van der Waals surface area contributed by atoms with Crippen molar-refractivity contribution in [2.75, 3.05) is 26.5 Å². The summed E-state index contributed by atoms with van der Waals surface area (Å²) in [6, 6.07) is 7.20. The van der Waals surface area contributed by atoms with E-state index < -0.39 is 0 Å². The fourth-order valence-electron chi connectivity index (χ4n) is 2.54. The summed E-state index contributed by atoms with van der Waals surface area (Å²) in [6.07, 6.45) is 3.65. The van der Waals surface area contributed by atoms with Crippen LogP contribution in [0, 0.1) is 0 Å². The van der Waals surface area contributed by atoms with Gasteiger partial charge in [-0.1, -0.05) is 12.2 Å². The molecule has 0 radical (unpaired) electrons. The number of thiocarbonyl (C=S) groups is 1. The molecule has 6 heteroatoms. The second-order valence-electron chi connectivity index (χ2n) is 5.08. The number of nitrogens with two attached hydrogens (primary N) is 1. The van der Waals surface area contributed by atoms with Gasteiger partial charge in [-0.2, -0.15) is 11.8 Å². The molecule has 1 fully saturated rings. The SMILES string of the molecule is COc1ccc(C(=O)N2CCC(SC)(C(N)=S)CC2)cc1. The topological polar surface area (TPSA) is 55.6 Å². The molecule has 2 rings (SSSR count). The second kappa shape index (κ2) is 6.66. The van der Waals surface area contributed by atoms with Crippen molar-refractivity contribution in [2.45, 2.75) is 17.6 Å². The van der Waals surface area contributed by atoms with Crippen LogP contribution in [-0.2, 0) is 0 Å². The highest BCUT2D eigenvalue weighted by Crippen LogP contribution is 2.35. The molecule has 1 saturated heterocycles. The summed E-state index contributed by atoms with van der Waals surface area (Å²) < 4.78 is 4.95. The van der Waals surface area contributed by atoms with Crippen LogP contribution in [0.25, 0.3) is 0 Å². The Morgan fingerprint density at radius 2 is 1.90 bits per heavy atom. The molecule has 0 bridgehead atoms. The molecule has 2 N–H and O–H groups in total. The number of benzene rings is 1. The molecule has 0 aliphatic carbocycles. The van der Waals surface area contributed by atoms with Crippen molar-refractivity contribution in [3.63, 3.8) is 0 Å². The molecule has 0 saturated carbocycles. The van der Waals surface area contributed by atoms with Gasteiger partial charge in [-0.15, -0.1) is 0 Å². The molecule has 1 amide bonds.